The van der Waals surface area contributed by atoms with Gasteiger partial charge in [0.25, 0.3) is 10.0 Å². The highest BCUT2D eigenvalue weighted by molar-refractivity contribution is 7.92. The van der Waals surface area contributed by atoms with E-state index in [1.165, 1.54) is 12.3 Å². The first-order valence-electron chi connectivity index (χ1n) is 7.22. The third kappa shape index (κ3) is 4.14. The summed E-state index contributed by atoms with van der Waals surface area (Å²) in [4.78, 5) is 4.06. The van der Waals surface area contributed by atoms with Crippen LogP contribution in [0.5, 0.6) is 5.75 Å². The van der Waals surface area contributed by atoms with Gasteiger partial charge in [0.1, 0.15) is 16.5 Å². The maximum Gasteiger partial charge on any atom is 0.266 e. The summed E-state index contributed by atoms with van der Waals surface area (Å²) in [5, 5.41) is 0.368. The minimum Gasteiger partial charge on any atom is -0.492 e. The monoisotopic (exact) mass is 354 g/mol. The third-order valence-corrected chi connectivity index (χ3v) is 4.98. The van der Waals surface area contributed by atoms with Crippen molar-refractivity contribution in [3.63, 3.8) is 0 Å². The summed E-state index contributed by atoms with van der Waals surface area (Å²) in [6, 6.07) is 6.56. The first-order chi connectivity index (χ1) is 10.8. The Kier molecular flexibility index (Phi) is 5.49. The number of halogens is 1. The van der Waals surface area contributed by atoms with Gasteiger partial charge in [0.15, 0.2) is 0 Å². The Balaban J connectivity index is 2.46. The highest BCUT2D eigenvalue weighted by atomic mass is 35.5. The van der Waals surface area contributed by atoms with E-state index in [1.807, 2.05) is 6.92 Å². The summed E-state index contributed by atoms with van der Waals surface area (Å²) < 4.78 is 33.5. The minimum atomic E-state index is -3.86. The van der Waals surface area contributed by atoms with E-state index in [4.69, 9.17) is 16.3 Å². The lowest BCUT2D eigenvalue weighted by Crippen LogP contribution is -2.16. The second kappa shape index (κ2) is 7.19. The van der Waals surface area contributed by atoms with Crippen molar-refractivity contribution in [3.05, 3.63) is 46.6 Å². The van der Waals surface area contributed by atoms with E-state index in [2.05, 4.69) is 9.71 Å². The number of ether oxygens (including phenoxy) is 1. The number of aryl methyl sites for hydroxylation is 2. The number of anilines is 1. The molecular formula is C16H19ClN2O3S. The van der Waals surface area contributed by atoms with E-state index in [-0.39, 0.29) is 16.5 Å². The highest BCUT2D eigenvalue weighted by Crippen LogP contribution is 2.31. The summed E-state index contributed by atoms with van der Waals surface area (Å²) in [6.45, 7) is 5.95. The van der Waals surface area contributed by atoms with Crippen LogP contribution in [-0.4, -0.2) is 20.0 Å². The molecule has 2 aromatic rings. The van der Waals surface area contributed by atoms with Gasteiger partial charge in [0.05, 0.1) is 6.61 Å². The smallest absolute Gasteiger partial charge is 0.266 e. The van der Waals surface area contributed by atoms with Gasteiger partial charge in [-0.3, -0.25) is 4.72 Å². The van der Waals surface area contributed by atoms with Crippen molar-refractivity contribution in [2.75, 3.05) is 11.3 Å². The number of nitrogens with one attached hydrogen (secondary N) is 1. The predicted molar refractivity (Wildman–Crippen MR) is 91.8 cm³/mol. The average Bonchev–Trinajstić information content (AvgIpc) is 2.50. The zero-order valence-electron chi connectivity index (χ0n) is 13.3. The van der Waals surface area contributed by atoms with Crippen molar-refractivity contribution in [1.82, 2.24) is 4.98 Å². The second-order valence-electron chi connectivity index (χ2n) is 5.17. The molecule has 1 N–H and O–H groups in total. The van der Waals surface area contributed by atoms with Crippen LogP contribution >= 0.6 is 11.6 Å². The van der Waals surface area contributed by atoms with Crippen LogP contribution in [0.4, 0.5) is 5.82 Å². The number of rotatable bonds is 6. The van der Waals surface area contributed by atoms with Gasteiger partial charge in [-0.1, -0.05) is 24.6 Å². The number of benzene rings is 1. The van der Waals surface area contributed by atoms with Gasteiger partial charge < -0.3 is 4.74 Å². The normalized spacial score (nSPS) is 11.3. The third-order valence-electron chi connectivity index (χ3n) is 3.22. The van der Waals surface area contributed by atoms with E-state index < -0.39 is 10.0 Å². The molecule has 0 atom stereocenters. The lowest BCUT2D eigenvalue weighted by Gasteiger charge is -2.15. The first kappa shape index (κ1) is 17.6. The summed E-state index contributed by atoms with van der Waals surface area (Å²) in [7, 11) is -3.86. The number of aromatic nitrogens is 1. The first-order valence-corrected chi connectivity index (χ1v) is 9.08. The number of sulfonamides is 1. The SMILES string of the molecule is CCCOc1cc(C)c(Cl)cc1S(=O)(=O)Nc1ncccc1C. The number of nitrogens with zero attached hydrogens (tertiary/aromatic N) is 1. The fraction of sp³-hybridized carbons (Fsp3) is 0.312. The van der Waals surface area contributed by atoms with E-state index >= 15 is 0 Å². The molecule has 0 fully saturated rings. The topological polar surface area (TPSA) is 68.3 Å². The number of pyridine rings is 1. The molecule has 0 aliphatic rings. The van der Waals surface area contributed by atoms with E-state index in [9.17, 15) is 8.42 Å². The lowest BCUT2D eigenvalue weighted by atomic mass is 10.2. The van der Waals surface area contributed by atoms with Gasteiger partial charge in [-0.25, -0.2) is 13.4 Å². The standard InChI is InChI=1S/C16H19ClN2O3S/c1-4-8-22-14-9-12(3)13(17)10-15(14)23(20,21)19-16-11(2)6-5-7-18-16/h5-7,9-10H,4,8H2,1-3H3,(H,18,19). The predicted octanol–water partition coefficient (Wildman–Crippen LogP) is 3.94. The van der Waals surface area contributed by atoms with Crippen molar-refractivity contribution in [1.29, 1.82) is 0 Å². The van der Waals surface area contributed by atoms with Crippen molar-refractivity contribution in [2.24, 2.45) is 0 Å². The molecule has 0 saturated carbocycles. The largest absolute Gasteiger partial charge is 0.492 e. The molecule has 124 valence electrons. The Labute approximate surface area is 141 Å². The molecule has 0 spiro atoms. The summed E-state index contributed by atoms with van der Waals surface area (Å²) in [5.74, 6) is 0.570. The van der Waals surface area contributed by atoms with Crippen LogP contribution in [0.1, 0.15) is 24.5 Å². The molecule has 0 aliphatic heterocycles. The van der Waals surface area contributed by atoms with Gasteiger partial charge in [0, 0.05) is 11.2 Å². The Hall–Kier alpha value is -1.79. The maximum absolute atomic E-state index is 12.7. The second-order valence-corrected chi connectivity index (χ2v) is 7.23. The molecule has 0 aliphatic carbocycles. The van der Waals surface area contributed by atoms with Gasteiger partial charge in [-0.2, -0.15) is 0 Å². The molecule has 1 aromatic heterocycles. The van der Waals surface area contributed by atoms with Crippen molar-refractivity contribution >= 4 is 27.4 Å². The molecule has 0 amide bonds. The summed E-state index contributed by atoms with van der Waals surface area (Å²) in [5.41, 5.74) is 1.48. The molecule has 0 radical (unpaired) electrons. The molecule has 5 nitrogen and oxygen atoms in total. The molecule has 7 heteroatoms. The van der Waals surface area contributed by atoms with E-state index in [0.717, 1.165) is 17.5 Å². The number of hydrogen-bond donors (Lipinski definition) is 1. The van der Waals surface area contributed by atoms with Crippen molar-refractivity contribution in [2.45, 2.75) is 32.1 Å². The molecule has 0 saturated heterocycles. The molecule has 0 bridgehead atoms. The van der Waals surface area contributed by atoms with Crippen LogP contribution < -0.4 is 9.46 Å². The quantitative estimate of drug-likeness (QED) is 0.853. The van der Waals surface area contributed by atoms with Gasteiger partial charge in [-0.05, 0) is 49.6 Å². The van der Waals surface area contributed by atoms with Crippen molar-refractivity contribution in [3.8, 4) is 5.75 Å². The number of hydrogen-bond acceptors (Lipinski definition) is 4. The van der Waals surface area contributed by atoms with Gasteiger partial charge in [0.2, 0.25) is 0 Å². The summed E-state index contributed by atoms with van der Waals surface area (Å²) in [6.07, 6.45) is 2.30. The van der Waals surface area contributed by atoms with Crippen LogP contribution in [0.3, 0.4) is 0 Å². The lowest BCUT2D eigenvalue weighted by molar-refractivity contribution is 0.309. The Morgan fingerprint density at radius 1 is 1.26 bits per heavy atom. The van der Waals surface area contributed by atoms with E-state index in [0.29, 0.717) is 11.6 Å². The Morgan fingerprint density at radius 2 is 2.00 bits per heavy atom. The van der Waals surface area contributed by atoms with Crippen LogP contribution in [-0.2, 0) is 10.0 Å². The zero-order chi connectivity index (χ0) is 17.0. The van der Waals surface area contributed by atoms with Gasteiger partial charge in [-0.15, -0.1) is 0 Å². The van der Waals surface area contributed by atoms with E-state index in [1.54, 1.807) is 32.0 Å². The fourth-order valence-corrected chi connectivity index (χ4v) is 3.41. The average molecular weight is 355 g/mol. The van der Waals surface area contributed by atoms with Crippen LogP contribution in [0, 0.1) is 13.8 Å². The minimum absolute atomic E-state index is 0.00611. The molecule has 1 aromatic carbocycles. The van der Waals surface area contributed by atoms with Crippen LogP contribution in [0.2, 0.25) is 5.02 Å². The molecule has 23 heavy (non-hydrogen) atoms. The Morgan fingerprint density at radius 3 is 2.65 bits per heavy atom. The molecule has 0 unspecified atom stereocenters. The molecule has 2 rings (SSSR count). The maximum atomic E-state index is 12.7. The van der Waals surface area contributed by atoms with Crippen LogP contribution in [0.25, 0.3) is 0 Å². The van der Waals surface area contributed by atoms with Crippen molar-refractivity contribution < 1.29 is 13.2 Å². The van der Waals surface area contributed by atoms with Gasteiger partial charge >= 0.3 is 0 Å². The summed E-state index contributed by atoms with van der Waals surface area (Å²) >= 11 is 6.10. The van der Waals surface area contributed by atoms with Crippen LogP contribution in [0.15, 0.2) is 35.4 Å². The zero-order valence-corrected chi connectivity index (χ0v) is 14.8. The highest BCUT2D eigenvalue weighted by Gasteiger charge is 2.22. The fourth-order valence-electron chi connectivity index (χ4n) is 1.95. The molecule has 1 heterocycles. The Bertz CT molecular complexity index is 807. The molecular weight excluding hydrogens is 336 g/mol.